The summed E-state index contributed by atoms with van der Waals surface area (Å²) >= 11 is 0. The molecule has 0 saturated carbocycles. The average molecular weight is 540 g/mol. The van der Waals surface area contributed by atoms with Gasteiger partial charge >= 0.3 is 5.97 Å². The highest BCUT2D eigenvalue weighted by atomic mass is 16.5. The average Bonchev–Trinajstić information content (AvgIpc) is 2.86. The molecule has 0 aliphatic rings. The third-order valence-electron chi connectivity index (χ3n) is 5.96. The molecule has 0 aliphatic heterocycles. The number of amides is 2. The molecule has 2 amide bonds. The van der Waals surface area contributed by atoms with Gasteiger partial charge in [-0.05, 0) is 70.3 Å². The first-order valence-corrected chi connectivity index (χ1v) is 13.6. The molecule has 0 fully saturated rings. The molecular formula is C31H45N3O5. The van der Waals surface area contributed by atoms with Crippen LogP contribution in [0.25, 0.3) is 0 Å². The number of likely N-dealkylation sites (N-methyl/N-ethyl adjacent to an activating group) is 1. The second kappa shape index (κ2) is 15.3. The van der Waals surface area contributed by atoms with Crippen molar-refractivity contribution in [2.45, 2.75) is 78.6 Å². The van der Waals surface area contributed by atoms with E-state index in [0.29, 0.717) is 19.4 Å². The van der Waals surface area contributed by atoms with E-state index in [1.54, 1.807) is 18.9 Å². The number of benzene rings is 2. The Labute approximate surface area is 233 Å². The summed E-state index contributed by atoms with van der Waals surface area (Å²) in [6, 6.07) is 16.1. The van der Waals surface area contributed by atoms with Gasteiger partial charge in [0.25, 0.3) is 0 Å². The molecule has 39 heavy (non-hydrogen) atoms. The molecule has 2 rings (SSSR count). The molecule has 2 aromatic rings. The number of hydrogen-bond donors (Lipinski definition) is 2. The zero-order valence-electron chi connectivity index (χ0n) is 24.5. The predicted octanol–water partition coefficient (Wildman–Crippen LogP) is 4.12. The molecule has 0 spiro atoms. The van der Waals surface area contributed by atoms with Crippen molar-refractivity contribution in [3.63, 3.8) is 0 Å². The molecule has 8 nitrogen and oxygen atoms in total. The minimum absolute atomic E-state index is 0.0120. The Morgan fingerprint density at radius 2 is 1.56 bits per heavy atom. The molecule has 2 N–H and O–H groups in total. The van der Waals surface area contributed by atoms with Crippen LogP contribution >= 0.6 is 0 Å². The van der Waals surface area contributed by atoms with E-state index < -0.39 is 23.6 Å². The summed E-state index contributed by atoms with van der Waals surface area (Å²) in [5.74, 6) is -0.0299. The van der Waals surface area contributed by atoms with Crippen molar-refractivity contribution in [1.29, 1.82) is 0 Å². The summed E-state index contributed by atoms with van der Waals surface area (Å²) in [6.07, 6.45) is 0.839. The first-order chi connectivity index (χ1) is 18.4. The van der Waals surface area contributed by atoms with E-state index >= 15 is 0 Å². The van der Waals surface area contributed by atoms with Gasteiger partial charge in [-0.1, -0.05) is 56.3 Å². The van der Waals surface area contributed by atoms with E-state index in [2.05, 4.69) is 10.6 Å². The van der Waals surface area contributed by atoms with Gasteiger partial charge < -0.3 is 20.1 Å². The summed E-state index contributed by atoms with van der Waals surface area (Å²) < 4.78 is 10.9. The minimum atomic E-state index is -0.793. The van der Waals surface area contributed by atoms with E-state index in [-0.39, 0.29) is 30.9 Å². The molecule has 0 heterocycles. The Kier molecular flexibility index (Phi) is 12.5. The number of ether oxygens (including phenoxy) is 2. The van der Waals surface area contributed by atoms with Crippen LogP contribution in [0, 0.1) is 5.92 Å². The quantitative estimate of drug-likeness (QED) is 0.351. The van der Waals surface area contributed by atoms with Gasteiger partial charge in [-0.15, -0.1) is 0 Å². The predicted molar refractivity (Wildman–Crippen MR) is 153 cm³/mol. The molecule has 0 aromatic heterocycles. The van der Waals surface area contributed by atoms with Gasteiger partial charge in [0.05, 0.1) is 19.2 Å². The molecule has 2 atom stereocenters. The monoisotopic (exact) mass is 539 g/mol. The Bertz CT molecular complexity index is 1050. The maximum absolute atomic E-state index is 13.5. The number of hydrogen-bond acceptors (Lipinski definition) is 6. The first-order valence-electron chi connectivity index (χ1n) is 13.6. The Balaban J connectivity index is 2.16. The maximum atomic E-state index is 13.5. The van der Waals surface area contributed by atoms with Gasteiger partial charge in [-0.3, -0.25) is 19.3 Å². The summed E-state index contributed by atoms with van der Waals surface area (Å²) in [5, 5.41) is 5.95. The first kappa shape index (κ1) is 31.8. The fourth-order valence-electron chi connectivity index (χ4n) is 4.09. The van der Waals surface area contributed by atoms with E-state index in [1.807, 2.05) is 89.2 Å². The second-order valence-corrected chi connectivity index (χ2v) is 11.3. The highest BCUT2D eigenvalue weighted by molar-refractivity contribution is 5.90. The SMILES string of the molecule is CCOC(=O)CN(C)[C@@H](CC(C)C)C(=O)N[C@@H](Cc1ccc(OCc2ccccc2)cc1)C(=O)NC(C)(C)C. The minimum Gasteiger partial charge on any atom is -0.489 e. The van der Waals surface area contributed by atoms with Crippen LogP contribution in [0.3, 0.4) is 0 Å². The Hall–Kier alpha value is -3.39. The van der Waals surface area contributed by atoms with Gasteiger partial charge in [-0.2, -0.15) is 0 Å². The van der Waals surface area contributed by atoms with E-state index in [4.69, 9.17) is 9.47 Å². The number of nitrogens with zero attached hydrogens (tertiary/aromatic N) is 1. The van der Waals surface area contributed by atoms with Crippen molar-refractivity contribution in [3.8, 4) is 5.75 Å². The molecule has 0 radical (unpaired) electrons. The van der Waals surface area contributed by atoms with Crippen LogP contribution in [-0.2, 0) is 32.1 Å². The number of rotatable bonds is 14. The Morgan fingerprint density at radius 3 is 2.13 bits per heavy atom. The number of esters is 1. The van der Waals surface area contributed by atoms with E-state index in [9.17, 15) is 14.4 Å². The molecule has 0 unspecified atom stereocenters. The van der Waals surface area contributed by atoms with Crippen molar-refractivity contribution < 1.29 is 23.9 Å². The fraction of sp³-hybridized carbons (Fsp3) is 0.516. The van der Waals surface area contributed by atoms with Crippen molar-refractivity contribution in [3.05, 3.63) is 65.7 Å². The molecule has 214 valence electrons. The van der Waals surface area contributed by atoms with Gasteiger partial charge in [0.2, 0.25) is 11.8 Å². The molecular weight excluding hydrogens is 494 g/mol. The summed E-state index contributed by atoms with van der Waals surface area (Å²) in [6.45, 7) is 12.2. The van der Waals surface area contributed by atoms with Crippen LogP contribution in [0.5, 0.6) is 5.75 Å². The summed E-state index contributed by atoms with van der Waals surface area (Å²) in [7, 11) is 1.72. The summed E-state index contributed by atoms with van der Waals surface area (Å²) in [4.78, 5) is 40.5. The smallest absolute Gasteiger partial charge is 0.320 e. The highest BCUT2D eigenvalue weighted by Gasteiger charge is 2.31. The molecule has 0 aliphatic carbocycles. The van der Waals surface area contributed by atoms with Crippen LogP contribution in [0.2, 0.25) is 0 Å². The Morgan fingerprint density at radius 1 is 0.923 bits per heavy atom. The standard InChI is InChI=1S/C31H45N3O5/c1-8-38-28(35)20-34(7)27(18-22(2)3)30(37)32-26(29(36)33-31(4,5)6)19-23-14-16-25(17-15-23)39-21-24-12-10-9-11-13-24/h9-17,22,26-27H,8,18-21H2,1-7H3,(H,32,37)(H,33,36)/t26-,27-/m0/s1. The van der Waals surface area contributed by atoms with Crippen LogP contribution in [0.4, 0.5) is 0 Å². The fourth-order valence-corrected chi connectivity index (χ4v) is 4.09. The van der Waals surface area contributed by atoms with Crippen molar-refractivity contribution in [2.75, 3.05) is 20.2 Å². The highest BCUT2D eigenvalue weighted by Crippen LogP contribution is 2.17. The van der Waals surface area contributed by atoms with Gasteiger partial charge in [0.1, 0.15) is 18.4 Å². The number of carbonyl (C=O) groups is 3. The van der Waals surface area contributed by atoms with E-state index in [1.165, 1.54) is 0 Å². The zero-order chi connectivity index (χ0) is 29.0. The van der Waals surface area contributed by atoms with E-state index in [0.717, 1.165) is 16.9 Å². The van der Waals surface area contributed by atoms with Crippen LogP contribution < -0.4 is 15.4 Å². The third kappa shape index (κ3) is 11.9. The van der Waals surface area contributed by atoms with Gasteiger partial charge in [0.15, 0.2) is 0 Å². The molecule has 2 aromatic carbocycles. The van der Waals surface area contributed by atoms with Gasteiger partial charge in [-0.25, -0.2) is 0 Å². The lowest BCUT2D eigenvalue weighted by atomic mass is 9.99. The molecule has 0 bridgehead atoms. The molecule has 0 saturated heterocycles. The maximum Gasteiger partial charge on any atom is 0.320 e. The number of nitrogens with one attached hydrogen (secondary N) is 2. The lowest BCUT2D eigenvalue weighted by Gasteiger charge is -2.30. The lowest BCUT2D eigenvalue weighted by molar-refractivity contribution is -0.145. The third-order valence-corrected chi connectivity index (χ3v) is 5.96. The van der Waals surface area contributed by atoms with Gasteiger partial charge in [0, 0.05) is 12.0 Å². The van der Waals surface area contributed by atoms with Crippen molar-refractivity contribution in [1.82, 2.24) is 15.5 Å². The number of carbonyl (C=O) groups excluding carboxylic acids is 3. The lowest BCUT2D eigenvalue weighted by Crippen LogP contribution is -2.57. The summed E-state index contributed by atoms with van der Waals surface area (Å²) in [5.41, 5.74) is 1.50. The normalized spacial score (nSPS) is 13.1. The zero-order valence-corrected chi connectivity index (χ0v) is 24.5. The largest absolute Gasteiger partial charge is 0.489 e. The van der Waals surface area contributed by atoms with Crippen LogP contribution in [0.1, 0.15) is 59.1 Å². The van der Waals surface area contributed by atoms with Crippen LogP contribution in [0.15, 0.2) is 54.6 Å². The van der Waals surface area contributed by atoms with Crippen molar-refractivity contribution in [2.24, 2.45) is 5.92 Å². The van der Waals surface area contributed by atoms with Crippen molar-refractivity contribution >= 4 is 17.8 Å². The topological polar surface area (TPSA) is 97.0 Å². The second-order valence-electron chi connectivity index (χ2n) is 11.3. The van der Waals surface area contributed by atoms with Crippen LogP contribution in [-0.4, -0.2) is 60.5 Å². The molecule has 8 heteroatoms.